The molecular weight excluding hydrogens is 353 g/mol. The van der Waals surface area contributed by atoms with Gasteiger partial charge in [0.1, 0.15) is 5.52 Å². The molecule has 0 spiro atoms. The lowest BCUT2D eigenvalue weighted by atomic mass is 10.1. The monoisotopic (exact) mass is 379 g/mol. The van der Waals surface area contributed by atoms with Gasteiger partial charge in [0.15, 0.2) is 5.58 Å². The Hall–Kier alpha value is -2.38. The Morgan fingerprint density at radius 3 is 2.70 bits per heavy atom. The molecule has 1 unspecified atom stereocenters. The number of fused-ring (bicyclic) bond motifs is 1. The van der Waals surface area contributed by atoms with Gasteiger partial charge in [-0.05, 0) is 61.8 Å². The van der Waals surface area contributed by atoms with E-state index >= 15 is 0 Å². The van der Waals surface area contributed by atoms with Crippen LogP contribution in [0, 0.1) is 0 Å². The standard InChI is InChI=1S/C23H26NO2P/c1-5-8-18(13-16(4)25-15(2)3)23-24-20-12-11-17(14-21(20)26-23)19-9-6-7-10-22(19)27/h6-15H,5,27H2,1-4H3/b16-13+,18-8+. The van der Waals surface area contributed by atoms with E-state index in [1.807, 2.05) is 45.0 Å². The van der Waals surface area contributed by atoms with Crippen LogP contribution in [0.25, 0.3) is 27.8 Å². The van der Waals surface area contributed by atoms with Crippen molar-refractivity contribution in [3.63, 3.8) is 0 Å². The summed E-state index contributed by atoms with van der Waals surface area (Å²) in [6.45, 7) is 8.10. The molecule has 140 valence electrons. The molecule has 0 aliphatic heterocycles. The average Bonchev–Trinajstić information content (AvgIpc) is 3.04. The molecule has 1 heterocycles. The first-order chi connectivity index (χ1) is 13.0. The van der Waals surface area contributed by atoms with Gasteiger partial charge in [-0.15, -0.1) is 9.24 Å². The molecule has 0 bridgehead atoms. The fourth-order valence-electron chi connectivity index (χ4n) is 3.03. The zero-order valence-corrected chi connectivity index (χ0v) is 17.5. The van der Waals surface area contributed by atoms with E-state index in [2.05, 4.69) is 51.5 Å². The van der Waals surface area contributed by atoms with Crippen molar-refractivity contribution >= 4 is 31.2 Å². The molecule has 27 heavy (non-hydrogen) atoms. The van der Waals surface area contributed by atoms with Crippen LogP contribution in [0.5, 0.6) is 0 Å². The molecule has 0 radical (unpaired) electrons. The lowest BCUT2D eigenvalue weighted by Crippen LogP contribution is -2.00. The number of nitrogens with zero attached hydrogens (tertiary/aromatic N) is 1. The van der Waals surface area contributed by atoms with Crippen LogP contribution in [0.3, 0.4) is 0 Å². The summed E-state index contributed by atoms with van der Waals surface area (Å²) in [5.41, 5.74) is 4.88. The van der Waals surface area contributed by atoms with Crippen LogP contribution in [-0.4, -0.2) is 11.1 Å². The second-order valence-corrected chi connectivity index (χ2v) is 7.40. The van der Waals surface area contributed by atoms with Crippen LogP contribution < -0.4 is 5.30 Å². The summed E-state index contributed by atoms with van der Waals surface area (Å²) >= 11 is 0. The number of allylic oxidation sites excluding steroid dienone is 4. The number of hydrogen-bond acceptors (Lipinski definition) is 3. The Morgan fingerprint density at radius 1 is 1.22 bits per heavy atom. The summed E-state index contributed by atoms with van der Waals surface area (Å²) in [6.07, 6.45) is 5.14. The summed E-state index contributed by atoms with van der Waals surface area (Å²) in [5.74, 6) is 1.47. The summed E-state index contributed by atoms with van der Waals surface area (Å²) in [4.78, 5) is 4.68. The smallest absolute Gasteiger partial charge is 0.227 e. The van der Waals surface area contributed by atoms with Crippen molar-refractivity contribution in [3.05, 3.63) is 66.3 Å². The van der Waals surface area contributed by atoms with E-state index in [9.17, 15) is 0 Å². The van der Waals surface area contributed by atoms with E-state index in [4.69, 9.17) is 9.15 Å². The first-order valence-electron chi connectivity index (χ1n) is 9.29. The molecule has 0 saturated carbocycles. The van der Waals surface area contributed by atoms with Crippen molar-refractivity contribution in [2.24, 2.45) is 0 Å². The summed E-state index contributed by atoms with van der Waals surface area (Å²) in [6, 6.07) is 14.4. The van der Waals surface area contributed by atoms with Crippen LogP contribution in [-0.2, 0) is 4.74 Å². The van der Waals surface area contributed by atoms with E-state index in [1.165, 1.54) is 5.56 Å². The van der Waals surface area contributed by atoms with Gasteiger partial charge in [0.25, 0.3) is 0 Å². The molecule has 1 aromatic heterocycles. The minimum absolute atomic E-state index is 0.141. The minimum Gasteiger partial charge on any atom is -0.496 e. The number of benzene rings is 2. The molecule has 0 aliphatic rings. The fraction of sp³-hybridized carbons (Fsp3) is 0.261. The van der Waals surface area contributed by atoms with Gasteiger partial charge in [-0.1, -0.05) is 43.3 Å². The van der Waals surface area contributed by atoms with E-state index in [0.29, 0.717) is 5.89 Å². The second-order valence-electron chi connectivity index (χ2n) is 6.78. The molecule has 4 heteroatoms. The van der Waals surface area contributed by atoms with Gasteiger partial charge >= 0.3 is 0 Å². The van der Waals surface area contributed by atoms with Crippen LogP contribution in [0.15, 0.2) is 64.8 Å². The predicted octanol–water partition coefficient (Wildman–Crippen LogP) is 6.12. The first kappa shape index (κ1) is 19.4. The van der Waals surface area contributed by atoms with Crippen LogP contribution in [0.1, 0.15) is 40.0 Å². The number of oxazole rings is 1. The highest BCUT2D eigenvalue weighted by Gasteiger charge is 2.12. The maximum absolute atomic E-state index is 6.10. The number of hydrogen-bond donors (Lipinski definition) is 0. The Balaban J connectivity index is 2.00. The third-order valence-electron chi connectivity index (χ3n) is 4.11. The van der Waals surface area contributed by atoms with Crippen molar-refractivity contribution < 1.29 is 9.15 Å². The van der Waals surface area contributed by atoms with Crippen molar-refractivity contribution in [2.75, 3.05) is 0 Å². The largest absolute Gasteiger partial charge is 0.496 e. The third-order valence-corrected chi connectivity index (χ3v) is 4.62. The van der Waals surface area contributed by atoms with Gasteiger partial charge in [0.2, 0.25) is 5.89 Å². The summed E-state index contributed by atoms with van der Waals surface area (Å²) in [5, 5.41) is 1.16. The topological polar surface area (TPSA) is 35.3 Å². The van der Waals surface area contributed by atoms with Gasteiger partial charge in [-0.3, -0.25) is 0 Å². The highest BCUT2D eigenvalue weighted by molar-refractivity contribution is 7.28. The van der Waals surface area contributed by atoms with E-state index in [0.717, 1.165) is 39.7 Å². The van der Waals surface area contributed by atoms with Crippen molar-refractivity contribution in [1.29, 1.82) is 0 Å². The normalized spacial score (nSPS) is 12.8. The fourth-order valence-corrected chi connectivity index (χ4v) is 3.40. The van der Waals surface area contributed by atoms with Gasteiger partial charge in [0.05, 0.1) is 11.9 Å². The van der Waals surface area contributed by atoms with E-state index in [1.54, 1.807) is 0 Å². The third kappa shape index (κ3) is 4.67. The van der Waals surface area contributed by atoms with Crippen LogP contribution in [0.2, 0.25) is 0 Å². The number of aromatic nitrogens is 1. The zero-order valence-electron chi connectivity index (χ0n) is 16.3. The summed E-state index contributed by atoms with van der Waals surface area (Å²) in [7, 11) is 2.79. The Bertz CT molecular complexity index is 999. The molecule has 2 aromatic carbocycles. The van der Waals surface area contributed by atoms with Crippen LogP contribution >= 0.6 is 9.24 Å². The van der Waals surface area contributed by atoms with Gasteiger partial charge < -0.3 is 9.15 Å². The van der Waals surface area contributed by atoms with Crippen molar-refractivity contribution in [1.82, 2.24) is 4.98 Å². The quantitative estimate of drug-likeness (QED) is 0.294. The van der Waals surface area contributed by atoms with Crippen molar-refractivity contribution in [3.8, 4) is 11.1 Å². The molecule has 0 N–H and O–H groups in total. The highest BCUT2D eigenvalue weighted by atomic mass is 31.0. The molecule has 0 amide bonds. The SMILES string of the molecule is CC/C=C(\C=C(/C)OC(C)C)c1nc2ccc(-c3ccccc3P)cc2o1. The lowest BCUT2D eigenvalue weighted by Gasteiger charge is -2.09. The molecule has 3 rings (SSSR count). The minimum atomic E-state index is 0.141. The molecular formula is C23H26NO2P. The molecule has 0 saturated heterocycles. The lowest BCUT2D eigenvalue weighted by molar-refractivity contribution is 0.149. The molecule has 3 nitrogen and oxygen atoms in total. The maximum Gasteiger partial charge on any atom is 0.227 e. The van der Waals surface area contributed by atoms with Gasteiger partial charge in [0, 0.05) is 5.57 Å². The van der Waals surface area contributed by atoms with E-state index < -0.39 is 0 Å². The maximum atomic E-state index is 6.10. The Labute approximate surface area is 163 Å². The Morgan fingerprint density at radius 2 is 2.00 bits per heavy atom. The second kappa shape index (κ2) is 8.54. The highest BCUT2D eigenvalue weighted by Crippen LogP contribution is 2.28. The predicted molar refractivity (Wildman–Crippen MR) is 117 cm³/mol. The average molecular weight is 379 g/mol. The van der Waals surface area contributed by atoms with Gasteiger partial charge in [-0.25, -0.2) is 4.98 Å². The number of ether oxygens (including phenoxy) is 1. The molecule has 0 fully saturated rings. The van der Waals surface area contributed by atoms with E-state index in [-0.39, 0.29) is 6.10 Å². The summed E-state index contributed by atoms with van der Waals surface area (Å²) < 4.78 is 11.9. The Kier molecular flexibility index (Phi) is 6.13. The van der Waals surface area contributed by atoms with Gasteiger partial charge in [-0.2, -0.15) is 0 Å². The van der Waals surface area contributed by atoms with Crippen LogP contribution in [0.4, 0.5) is 0 Å². The zero-order chi connectivity index (χ0) is 19.4. The molecule has 3 aromatic rings. The first-order valence-corrected chi connectivity index (χ1v) is 9.86. The number of rotatable bonds is 6. The van der Waals surface area contributed by atoms with Crippen molar-refractivity contribution in [2.45, 2.75) is 40.2 Å². The molecule has 0 aliphatic carbocycles. The molecule has 1 atom stereocenters.